The Morgan fingerprint density at radius 1 is 1.31 bits per heavy atom. The summed E-state index contributed by atoms with van der Waals surface area (Å²) in [6.45, 7) is 2.69. The van der Waals surface area contributed by atoms with Crippen LogP contribution in [-0.4, -0.2) is 19.0 Å². The summed E-state index contributed by atoms with van der Waals surface area (Å²) in [5.74, 6) is -2.01. The first-order valence-electron chi connectivity index (χ1n) is 5.09. The normalized spacial score (nSPS) is 10.2. The monoisotopic (exact) mass is 228 g/mol. The van der Waals surface area contributed by atoms with E-state index in [1.807, 2.05) is 6.92 Å². The number of halogens is 2. The van der Waals surface area contributed by atoms with Gasteiger partial charge in [-0.1, -0.05) is 13.0 Å². The van der Waals surface area contributed by atoms with Crippen molar-refractivity contribution in [3.8, 4) is 0 Å². The second kappa shape index (κ2) is 6.17. The van der Waals surface area contributed by atoms with E-state index in [-0.39, 0.29) is 6.54 Å². The van der Waals surface area contributed by atoms with Crippen LogP contribution in [0.15, 0.2) is 18.2 Å². The highest BCUT2D eigenvalue weighted by molar-refractivity contribution is 5.92. The summed E-state index contributed by atoms with van der Waals surface area (Å²) < 4.78 is 26.2. The second-order valence-corrected chi connectivity index (χ2v) is 3.32. The Morgan fingerprint density at radius 3 is 2.50 bits per heavy atom. The molecular formula is C11H14F2N2O. The standard InChI is InChI=1S/C11H14F2N2O/c1-2-6-14-7-10(16)15-11-8(12)4-3-5-9(11)13/h3-5,14H,2,6-7H2,1H3,(H,15,16). The lowest BCUT2D eigenvalue weighted by molar-refractivity contribution is -0.115. The Morgan fingerprint density at radius 2 is 1.94 bits per heavy atom. The van der Waals surface area contributed by atoms with E-state index < -0.39 is 23.2 Å². The number of benzene rings is 1. The molecule has 0 aliphatic carbocycles. The number of carbonyl (C=O) groups excluding carboxylic acids is 1. The highest BCUT2D eigenvalue weighted by Crippen LogP contribution is 2.17. The van der Waals surface area contributed by atoms with E-state index >= 15 is 0 Å². The first-order chi connectivity index (χ1) is 7.65. The zero-order chi connectivity index (χ0) is 12.0. The van der Waals surface area contributed by atoms with Crippen LogP contribution in [0.1, 0.15) is 13.3 Å². The Bertz CT molecular complexity index is 349. The molecule has 0 saturated carbocycles. The van der Waals surface area contributed by atoms with Gasteiger partial charge in [0.25, 0.3) is 0 Å². The van der Waals surface area contributed by atoms with Gasteiger partial charge in [-0.25, -0.2) is 8.78 Å². The molecule has 1 amide bonds. The number of para-hydroxylation sites is 1. The third kappa shape index (κ3) is 3.58. The van der Waals surface area contributed by atoms with Gasteiger partial charge in [-0.05, 0) is 25.1 Å². The Hall–Kier alpha value is -1.49. The van der Waals surface area contributed by atoms with Crippen molar-refractivity contribution in [2.24, 2.45) is 0 Å². The molecule has 3 nitrogen and oxygen atoms in total. The second-order valence-electron chi connectivity index (χ2n) is 3.32. The minimum Gasteiger partial charge on any atom is -0.320 e. The molecule has 1 aromatic rings. The van der Waals surface area contributed by atoms with Gasteiger partial charge in [-0.15, -0.1) is 0 Å². The van der Waals surface area contributed by atoms with Gasteiger partial charge < -0.3 is 10.6 Å². The van der Waals surface area contributed by atoms with Crippen LogP contribution in [-0.2, 0) is 4.79 Å². The zero-order valence-electron chi connectivity index (χ0n) is 9.02. The van der Waals surface area contributed by atoms with Gasteiger partial charge in [0.1, 0.15) is 17.3 Å². The number of amides is 1. The average molecular weight is 228 g/mol. The lowest BCUT2D eigenvalue weighted by atomic mass is 10.3. The predicted octanol–water partition coefficient (Wildman–Crippen LogP) is 1.90. The fraction of sp³-hybridized carbons (Fsp3) is 0.364. The molecule has 0 aliphatic heterocycles. The summed E-state index contributed by atoms with van der Waals surface area (Å²) in [5, 5.41) is 5.02. The minimum atomic E-state index is -0.774. The topological polar surface area (TPSA) is 41.1 Å². The lowest BCUT2D eigenvalue weighted by Crippen LogP contribution is -2.29. The van der Waals surface area contributed by atoms with E-state index in [9.17, 15) is 13.6 Å². The van der Waals surface area contributed by atoms with Crippen LogP contribution in [0.2, 0.25) is 0 Å². The molecule has 1 aromatic carbocycles. The van der Waals surface area contributed by atoms with Gasteiger partial charge in [0.2, 0.25) is 5.91 Å². The third-order valence-electron chi connectivity index (χ3n) is 1.94. The van der Waals surface area contributed by atoms with E-state index in [1.54, 1.807) is 0 Å². The highest BCUT2D eigenvalue weighted by atomic mass is 19.1. The molecule has 0 bridgehead atoms. The van der Waals surface area contributed by atoms with E-state index in [4.69, 9.17) is 0 Å². The summed E-state index contributed by atoms with van der Waals surface area (Å²) in [5.41, 5.74) is -0.397. The van der Waals surface area contributed by atoms with Crippen molar-refractivity contribution in [3.05, 3.63) is 29.8 Å². The molecule has 16 heavy (non-hydrogen) atoms. The predicted molar refractivity (Wildman–Crippen MR) is 58.1 cm³/mol. The maximum absolute atomic E-state index is 13.1. The maximum atomic E-state index is 13.1. The summed E-state index contributed by atoms with van der Waals surface area (Å²) >= 11 is 0. The lowest BCUT2D eigenvalue weighted by Gasteiger charge is -2.07. The summed E-state index contributed by atoms with van der Waals surface area (Å²) in [7, 11) is 0. The van der Waals surface area contributed by atoms with Crippen LogP contribution in [0.4, 0.5) is 14.5 Å². The van der Waals surface area contributed by atoms with E-state index in [0.717, 1.165) is 18.6 Å². The number of nitrogens with one attached hydrogen (secondary N) is 2. The van der Waals surface area contributed by atoms with Crippen molar-refractivity contribution in [1.29, 1.82) is 0 Å². The van der Waals surface area contributed by atoms with Crippen LogP contribution in [0.25, 0.3) is 0 Å². The zero-order valence-corrected chi connectivity index (χ0v) is 9.02. The number of carbonyl (C=O) groups is 1. The largest absolute Gasteiger partial charge is 0.320 e. The average Bonchev–Trinajstić information content (AvgIpc) is 2.24. The molecule has 0 spiro atoms. The summed E-state index contributed by atoms with van der Waals surface area (Å²) in [6, 6.07) is 3.44. The Kier molecular flexibility index (Phi) is 4.85. The number of rotatable bonds is 5. The molecule has 0 fully saturated rings. The number of hydrogen-bond acceptors (Lipinski definition) is 2. The molecule has 0 saturated heterocycles. The first kappa shape index (κ1) is 12.6. The Labute approximate surface area is 92.8 Å². The fourth-order valence-electron chi connectivity index (χ4n) is 1.18. The van der Waals surface area contributed by atoms with Gasteiger partial charge in [0, 0.05) is 0 Å². The SMILES string of the molecule is CCCNCC(=O)Nc1c(F)cccc1F. The van der Waals surface area contributed by atoms with E-state index in [1.165, 1.54) is 6.07 Å². The quantitative estimate of drug-likeness (QED) is 0.756. The highest BCUT2D eigenvalue weighted by Gasteiger charge is 2.10. The number of anilines is 1. The molecule has 0 aromatic heterocycles. The molecule has 1 rings (SSSR count). The van der Waals surface area contributed by atoms with Gasteiger partial charge in [0.15, 0.2) is 0 Å². The van der Waals surface area contributed by atoms with Crippen LogP contribution < -0.4 is 10.6 Å². The van der Waals surface area contributed by atoms with Crippen molar-refractivity contribution in [3.63, 3.8) is 0 Å². The van der Waals surface area contributed by atoms with Crippen molar-refractivity contribution >= 4 is 11.6 Å². The molecule has 0 unspecified atom stereocenters. The molecule has 5 heteroatoms. The third-order valence-corrected chi connectivity index (χ3v) is 1.94. The van der Waals surface area contributed by atoms with Crippen molar-refractivity contribution in [2.75, 3.05) is 18.4 Å². The van der Waals surface area contributed by atoms with Crippen LogP contribution in [0.5, 0.6) is 0 Å². The Balaban J connectivity index is 2.56. The van der Waals surface area contributed by atoms with Crippen molar-refractivity contribution in [1.82, 2.24) is 5.32 Å². The van der Waals surface area contributed by atoms with E-state index in [2.05, 4.69) is 10.6 Å². The van der Waals surface area contributed by atoms with E-state index in [0.29, 0.717) is 6.54 Å². The summed E-state index contributed by atoms with van der Waals surface area (Å²) in [6.07, 6.45) is 0.890. The molecule has 0 heterocycles. The smallest absolute Gasteiger partial charge is 0.238 e. The number of hydrogen-bond donors (Lipinski definition) is 2. The van der Waals surface area contributed by atoms with Gasteiger partial charge in [-0.2, -0.15) is 0 Å². The van der Waals surface area contributed by atoms with Crippen LogP contribution in [0.3, 0.4) is 0 Å². The molecule has 0 aliphatic rings. The van der Waals surface area contributed by atoms with Crippen molar-refractivity contribution in [2.45, 2.75) is 13.3 Å². The van der Waals surface area contributed by atoms with Gasteiger partial charge in [-0.3, -0.25) is 4.79 Å². The fourth-order valence-corrected chi connectivity index (χ4v) is 1.18. The molecule has 2 N–H and O–H groups in total. The first-order valence-corrected chi connectivity index (χ1v) is 5.09. The van der Waals surface area contributed by atoms with Gasteiger partial charge >= 0.3 is 0 Å². The van der Waals surface area contributed by atoms with Crippen LogP contribution in [0, 0.1) is 11.6 Å². The van der Waals surface area contributed by atoms with Crippen molar-refractivity contribution < 1.29 is 13.6 Å². The molecule has 0 radical (unpaired) electrons. The maximum Gasteiger partial charge on any atom is 0.238 e. The minimum absolute atomic E-state index is 0.0433. The molecular weight excluding hydrogens is 214 g/mol. The van der Waals surface area contributed by atoms with Gasteiger partial charge in [0.05, 0.1) is 6.54 Å². The molecule has 88 valence electrons. The van der Waals surface area contributed by atoms with Crippen LogP contribution >= 0.6 is 0 Å². The summed E-state index contributed by atoms with van der Waals surface area (Å²) in [4.78, 5) is 11.3. The molecule has 0 atom stereocenters.